The first kappa shape index (κ1) is 20.6. The van der Waals surface area contributed by atoms with E-state index >= 15 is 0 Å². The Bertz CT molecular complexity index is 823. The summed E-state index contributed by atoms with van der Waals surface area (Å²) in [7, 11) is 1.56. The van der Waals surface area contributed by atoms with E-state index in [4.69, 9.17) is 15.2 Å². The molecule has 3 rings (SSSR count). The van der Waals surface area contributed by atoms with Crippen LogP contribution in [-0.4, -0.2) is 19.6 Å². The minimum absolute atomic E-state index is 0. The second-order valence-corrected chi connectivity index (χ2v) is 6.34. The molecule has 6 heteroatoms. The number of carbonyl (C=O) groups is 1. The van der Waals surface area contributed by atoms with Gasteiger partial charge < -0.3 is 20.5 Å². The smallest absolute Gasteiger partial charge is 0.251 e. The van der Waals surface area contributed by atoms with Crippen molar-refractivity contribution in [2.45, 2.75) is 25.3 Å². The molecule has 0 bridgehead atoms. The Morgan fingerprint density at radius 2 is 2.11 bits per heavy atom. The highest BCUT2D eigenvalue weighted by atomic mass is 35.5. The van der Waals surface area contributed by atoms with Gasteiger partial charge >= 0.3 is 0 Å². The summed E-state index contributed by atoms with van der Waals surface area (Å²) >= 11 is 0. The van der Waals surface area contributed by atoms with E-state index in [9.17, 15) is 4.79 Å². The number of nitrogen functional groups attached to an aromatic ring is 1. The number of hydrogen-bond acceptors (Lipinski definition) is 4. The van der Waals surface area contributed by atoms with Crippen LogP contribution in [0.3, 0.4) is 0 Å². The van der Waals surface area contributed by atoms with Crippen LogP contribution in [0.15, 0.2) is 49.1 Å². The van der Waals surface area contributed by atoms with Crippen LogP contribution in [0.5, 0.6) is 11.5 Å². The molecule has 1 aliphatic carbocycles. The lowest BCUT2D eigenvalue weighted by Gasteiger charge is -2.26. The number of halogens is 1. The minimum Gasteiger partial charge on any atom is -0.493 e. The fraction of sp³-hybridized carbons (Fsp3) is 0.286. The zero-order chi connectivity index (χ0) is 18.5. The number of aryl methyl sites for hydroxylation is 1. The van der Waals surface area contributed by atoms with E-state index < -0.39 is 0 Å². The predicted octanol–water partition coefficient (Wildman–Crippen LogP) is 4.07. The van der Waals surface area contributed by atoms with E-state index in [-0.39, 0.29) is 24.4 Å². The SMILES string of the molecule is C=CCOc1ccc(C(=O)NC2CCCc3cc(N)ccc32)cc1OC.Cl. The molecule has 5 nitrogen and oxygen atoms in total. The summed E-state index contributed by atoms with van der Waals surface area (Å²) in [4.78, 5) is 12.7. The fourth-order valence-electron chi connectivity index (χ4n) is 3.30. The van der Waals surface area contributed by atoms with Crippen molar-refractivity contribution in [3.8, 4) is 11.5 Å². The predicted molar refractivity (Wildman–Crippen MR) is 110 cm³/mol. The van der Waals surface area contributed by atoms with Crippen LogP contribution in [0.25, 0.3) is 0 Å². The summed E-state index contributed by atoms with van der Waals surface area (Å²) < 4.78 is 10.9. The molecule has 1 atom stereocenters. The molecule has 0 aliphatic heterocycles. The molecule has 1 aliphatic rings. The van der Waals surface area contributed by atoms with Crippen molar-refractivity contribution >= 4 is 24.0 Å². The van der Waals surface area contributed by atoms with Crippen LogP contribution in [-0.2, 0) is 6.42 Å². The molecule has 27 heavy (non-hydrogen) atoms. The lowest BCUT2D eigenvalue weighted by molar-refractivity contribution is 0.0932. The van der Waals surface area contributed by atoms with Gasteiger partial charge in [0.2, 0.25) is 0 Å². The van der Waals surface area contributed by atoms with E-state index in [1.807, 2.05) is 18.2 Å². The largest absolute Gasteiger partial charge is 0.493 e. The number of ether oxygens (including phenoxy) is 2. The van der Waals surface area contributed by atoms with E-state index in [1.54, 1.807) is 31.4 Å². The number of fused-ring (bicyclic) bond motifs is 1. The topological polar surface area (TPSA) is 73.6 Å². The Morgan fingerprint density at radius 1 is 1.30 bits per heavy atom. The van der Waals surface area contributed by atoms with Crippen LogP contribution in [0.2, 0.25) is 0 Å². The number of anilines is 1. The number of methoxy groups -OCH3 is 1. The second kappa shape index (κ2) is 9.33. The summed E-state index contributed by atoms with van der Waals surface area (Å²) in [6.45, 7) is 4.01. The van der Waals surface area contributed by atoms with Gasteiger partial charge in [0.05, 0.1) is 13.2 Å². The van der Waals surface area contributed by atoms with Gasteiger partial charge in [-0.1, -0.05) is 18.7 Å². The number of hydrogen-bond donors (Lipinski definition) is 2. The first-order chi connectivity index (χ1) is 12.6. The van der Waals surface area contributed by atoms with Gasteiger partial charge in [0, 0.05) is 11.3 Å². The molecule has 2 aromatic rings. The summed E-state index contributed by atoms with van der Waals surface area (Å²) in [5.74, 6) is 0.979. The molecule has 0 heterocycles. The van der Waals surface area contributed by atoms with Gasteiger partial charge in [-0.25, -0.2) is 0 Å². The standard InChI is InChI=1S/C21H24N2O3.ClH/c1-3-11-26-19-10-7-15(13-20(19)25-2)21(24)23-18-6-4-5-14-12-16(22)8-9-17(14)18;/h3,7-10,12-13,18H,1,4-6,11,22H2,2H3,(H,23,24);1H. The van der Waals surface area contributed by atoms with E-state index in [0.717, 1.165) is 30.5 Å². The maximum Gasteiger partial charge on any atom is 0.251 e. The molecule has 1 amide bonds. The summed E-state index contributed by atoms with van der Waals surface area (Å²) in [6.07, 6.45) is 4.60. The number of nitrogens with two attached hydrogens (primary N) is 1. The molecule has 3 N–H and O–H groups in total. The van der Waals surface area contributed by atoms with Crippen LogP contribution in [0, 0.1) is 0 Å². The van der Waals surface area contributed by atoms with Crippen molar-refractivity contribution in [1.29, 1.82) is 0 Å². The Hall–Kier alpha value is -2.66. The molecule has 0 aromatic heterocycles. The normalized spacial score (nSPS) is 15.1. The maximum atomic E-state index is 12.7. The molecule has 1 unspecified atom stereocenters. The van der Waals surface area contributed by atoms with Crippen molar-refractivity contribution in [3.05, 3.63) is 65.7 Å². The molecule has 2 aromatic carbocycles. The van der Waals surface area contributed by atoms with Gasteiger partial charge in [0.25, 0.3) is 5.91 Å². The highest BCUT2D eigenvalue weighted by Gasteiger charge is 2.23. The van der Waals surface area contributed by atoms with Crippen LogP contribution >= 0.6 is 12.4 Å². The summed E-state index contributed by atoms with van der Waals surface area (Å²) in [6, 6.07) is 11.1. The van der Waals surface area contributed by atoms with Crippen molar-refractivity contribution in [2.24, 2.45) is 0 Å². The minimum atomic E-state index is -0.131. The first-order valence-electron chi connectivity index (χ1n) is 8.73. The number of amides is 1. The molecule has 144 valence electrons. The first-order valence-corrected chi connectivity index (χ1v) is 8.73. The fourth-order valence-corrected chi connectivity index (χ4v) is 3.30. The third-order valence-electron chi connectivity index (χ3n) is 4.57. The van der Waals surface area contributed by atoms with Gasteiger partial charge in [0.15, 0.2) is 11.5 Å². The highest BCUT2D eigenvalue weighted by molar-refractivity contribution is 5.95. The number of rotatable bonds is 6. The lowest BCUT2D eigenvalue weighted by Crippen LogP contribution is -2.31. The van der Waals surface area contributed by atoms with Crippen molar-refractivity contribution in [1.82, 2.24) is 5.32 Å². The third kappa shape index (κ3) is 4.74. The van der Waals surface area contributed by atoms with Crippen molar-refractivity contribution < 1.29 is 14.3 Å². The average Bonchev–Trinajstić information content (AvgIpc) is 2.66. The van der Waals surface area contributed by atoms with E-state index in [0.29, 0.717) is 23.7 Å². The number of carbonyl (C=O) groups excluding carboxylic acids is 1. The van der Waals surface area contributed by atoms with Crippen molar-refractivity contribution in [3.63, 3.8) is 0 Å². The van der Waals surface area contributed by atoms with Gasteiger partial charge in [-0.2, -0.15) is 0 Å². The Morgan fingerprint density at radius 3 is 2.85 bits per heavy atom. The van der Waals surface area contributed by atoms with Gasteiger partial charge in [-0.15, -0.1) is 12.4 Å². The molecule has 0 radical (unpaired) electrons. The van der Waals surface area contributed by atoms with Gasteiger partial charge in [-0.3, -0.25) is 4.79 Å². The number of benzene rings is 2. The molecule has 0 spiro atoms. The Balaban J connectivity index is 0.00000261. The molecule has 0 fully saturated rings. The van der Waals surface area contributed by atoms with Crippen LogP contribution in [0.1, 0.15) is 40.4 Å². The average molecular weight is 389 g/mol. The Kier molecular flexibility index (Phi) is 7.13. The summed E-state index contributed by atoms with van der Waals surface area (Å²) in [5, 5.41) is 3.13. The van der Waals surface area contributed by atoms with E-state index in [1.165, 1.54) is 5.56 Å². The zero-order valence-corrected chi connectivity index (χ0v) is 16.2. The van der Waals surface area contributed by atoms with Gasteiger partial charge in [-0.05, 0) is 60.7 Å². The highest BCUT2D eigenvalue weighted by Crippen LogP contribution is 2.32. The van der Waals surface area contributed by atoms with Gasteiger partial charge in [0.1, 0.15) is 6.61 Å². The molecular weight excluding hydrogens is 364 g/mol. The van der Waals surface area contributed by atoms with Crippen molar-refractivity contribution in [2.75, 3.05) is 19.5 Å². The van der Waals surface area contributed by atoms with E-state index in [2.05, 4.69) is 11.9 Å². The third-order valence-corrected chi connectivity index (χ3v) is 4.57. The zero-order valence-electron chi connectivity index (χ0n) is 15.4. The second-order valence-electron chi connectivity index (χ2n) is 6.34. The molecular formula is C21H25ClN2O3. The maximum absolute atomic E-state index is 12.7. The van der Waals surface area contributed by atoms with Crippen LogP contribution in [0.4, 0.5) is 5.69 Å². The number of nitrogens with one attached hydrogen (secondary N) is 1. The molecule has 0 saturated carbocycles. The lowest BCUT2D eigenvalue weighted by atomic mass is 9.87. The van der Waals surface area contributed by atoms with Crippen LogP contribution < -0.4 is 20.5 Å². The Labute approximate surface area is 166 Å². The monoisotopic (exact) mass is 388 g/mol. The summed E-state index contributed by atoms with van der Waals surface area (Å²) in [5.41, 5.74) is 9.54. The quantitative estimate of drug-likeness (QED) is 0.577. The molecule has 0 saturated heterocycles.